The number of carbonyl (C=O) groups excluding carboxylic acids is 4. The molecule has 7 nitrogen and oxygen atoms in total. The summed E-state index contributed by atoms with van der Waals surface area (Å²) in [6.45, 7) is 0. The molecule has 8 heteroatoms. The molecule has 196 valence electrons. The number of rotatable bonds is 4. The summed E-state index contributed by atoms with van der Waals surface area (Å²) in [5, 5.41) is 0.581. The van der Waals surface area contributed by atoms with E-state index in [4.69, 9.17) is 21.1 Å². The number of hydrogen-bond donors (Lipinski definition) is 0. The molecule has 0 saturated carbocycles. The second-order valence-electron chi connectivity index (χ2n) is 9.95. The number of benzene rings is 4. The van der Waals surface area contributed by atoms with Gasteiger partial charge in [0, 0.05) is 16.1 Å². The third kappa shape index (κ3) is 3.41. The van der Waals surface area contributed by atoms with Crippen molar-refractivity contribution in [2.45, 2.75) is 11.7 Å². The Kier molecular flexibility index (Phi) is 5.49. The van der Waals surface area contributed by atoms with E-state index in [2.05, 4.69) is 0 Å². The predicted molar refractivity (Wildman–Crippen MR) is 146 cm³/mol. The molecular formula is C32H20ClNO6. The monoisotopic (exact) mass is 549 g/mol. The molecule has 2 aliphatic heterocycles. The fourth-order valence-corrected chi connectivity index (χ4v) is 6.14. The molecule has 2 heterocycles. The van der Waals surface area contributed by atoms with E-state index in [0.717, 1.165) is 4.90 Å². The summed E-state index contributed by atoms with van der Waals surface area (Å²) in [6.07, 6.45) is -0.956. The molecule has 0 bridgehead atoms. The van der Waals surface area contributed by atoms with Gasteiger partial charge in [-0.05, 0) is 54.1 Å². The van der Waals surface area contributed by atoms with Crippen LogP contribution >= 0.6 is 11.6 Å². The molecule has 4 aromatic carbocycles. The van der Waals surface area contributed by atoms with Crippen LogP contribution in [0.4, 0.5) is 5.69 Å². The van der Waals surface area contributed by atoms with Gasteiger partial charge in [0.2, 0.25) is 29.0 Å². The van der Waals surface area contributed by atoms with Crippen LogP contribution in [-0.2, 0) is 14.3 Å². The Bertz CT molecular complexity index is 1660. The summed E-state index contributed by atoms with van der Waals surface area (Å²) in [5.74, 6) is -3.64. The normalized spacial score (nSPS) is 22.6. The van der Waals surface area contributed by atoms with E-state index >= 15 is 0 Å². The first-order valence-corrected chi connectivity index (χ1v) is 13.1. The summed E-state index contributed by atoms with van der Waals surface area (Å²) in [5.41, 5.74) is -0.788. The van der Waals surface area contributed by atoms with Crippen molar-refractivity contribution in [3.63, 3.8) is 0 Å². The second-order valence-corrected chi connectivity index (χ2v) is 10.4. The number of Topliss-reactive ketones (excluding diaryl/α,β-unsaturated/α-hetero) is 2. The Labute approximate surface area is 233 Å². The molecule has 1 aliphatic carbocycles. The Morgan fingerprint density at radius 1 is 0.675 bits per heavy atom. The first kappa shape index (κ1) is 24.5. The molecule has 0 N–H and O–H groups in total. The van der Waals surface area contributed by atoms with Crippen LogP contribution in [0.15, 0.2) is 103 Å². The van der Waals surface area contributed by atoms with Crippen molar-refractivity contribution in [3.8, 4) is 11.5 Å². The van der Waals surface area contributed by atoms with Crippen molar-refractivity contribution >= 4 is 40.7 Å². The standard InChI is InChI=1S/C32H20ClNO6/c33-19-10-14-21(15-11-19)39-22-16-12-20(13-17-22)34-30(37)25-26(31(34)38)32(40-27(25)18-6-2-1-3-7-18)28(35)23-8-4-5-9-24(23)29(32)36/h1-17,25-27H/t25-,26-,27-/m1/s1. The fraction of sp³-hybridized carbons (Fsp3) is 0.125. The third-order valence-corrected chi connectivity index (χ3v) is 8.04. The molecule has 0 unspecified atom stereocenters. The van der Waals surface area contributed by atoms with E-state index in [9.17, 15) is 19.2 Å². The van der Waals surface area contributed by atoms with Crippen LogP contribution in [0.2, 0.25) is 5.02 Å². The molecule has 2 saturated heterocycles. The van der Waals surface area contributed by atoms with Crippen molar-refractivity contribution in [2.75, 3.05) is 4.90 Å². The molecule has 3 atom stereocenters. The second kappa shape index (κ2) is 8.98. The Hall–Kier alpha value is -4.59. The lowest BCUT2D eigenvalue weighted by molar-refractivity contribution is -0.127. The molecule has 2 amide bonds. The van der Waals surface area contributed by atoms with Gasteiger partial charge in [-0.25, -0.2) is 4.90 Å². The van der Waals surface area contributed by atoms with E-state index in [0.29, 0.717) is 27.8 Å². The first-order valence-electron chi connectivity index (χ1n) is 12.7. The van der Waals surface area contributed by atoms with Crippen molar-refractivity contribution in [1.82, 2.24) is 0 Å². The van der Waals surface area contributed by atoms with Crippen molar-refractivity contribution in [3.05, 3.63) is 125 Å². The number of nitrogens with zero attached hydrogens (tertiary/aromatic N) is 1. The van der Waals surface area contributed by atoms with Crippen LogP contribution in [-0.4, -0.2) is 29.0 Å². The molecule has 40 heavy (non-hydrogen) atoms. The number of halogens is 1. The average Bonchev–Trinajstić information content (AvgIpc) is 3.55. The van der Waals surface area contributed by atoms with Gasteiger partial charge in [0.05, 0.1) is 23.6 Å². The smallest absolute Gasteiger partial charge is 0.241 e. The van der Waals surface area contributed by atoms with Crippen molar-refractivity contribution < 1.29 is 28.7 Å². The van der Waals surface area contributed by atoms with Gasteiger partial charge >= 0.3 is 0 Å². The summed E-state index contributed by atoms with van der Waals surface area (Å²) >= 11 is 5.94. The highest BCUT2D eigenvalue weighted by Crippen LogP contribution is 2.57. The highest BCUT2D eigenvalue weighted by Gasteiger charge is 2.74. The minimum absolute atomic E-state index is 0.197. The van der Waals surface area contributed by atoms with Gasteiger partial charge in [0.15, 0.2) is 0 Å². The van der Waals surface area contributed by atoms with Gasteiger partial charge < -0.3 is 9.47 Å². The third-order valence-electron chi connectivity index (χ3n) is 7.79. The minimum atomic E-state index is -2.10. The average molecular weight is 550 g/mol. The SMILES string of the molecule is O=C1[C@H]2[C@@H](c3ccccc3)OC3(C(=O)c4ccccc4C3=O)[C@H]2C(=O)N1c1ccc(Oc2ccc(Cl)cc2)cc1. The lowest BCUT2D eigenvalue weighted by Crippen LogP contribution is -2.51. The van der Waals surface area contributed by atoms with Crippen LogP contribution in [0.25, 0.3) is 0 Å². The maximum atomic E-state index is 14.1. The maximum Gasteiger partial charge on any atom is 0.241 e. The molecule has 4 aromatic rings. The Balaban J connectivity index is 1.28. The maximum absolute atomic E-state index is 14.1. The van der Waals surface area contributed by atoms with E-state index in [1.165, 1.54) is 0 Å². The molecular weight excluding hydrogens is 530 g/mol. The fourth-order valence-electron chi connectivity index (χ4n) is 6.02. The number of amides is 2. The minimum Gasteiger partial charge on any atom is -0.457 e. The van der Waals surface area contributed by atoms with Crippen molar-refractivity contribution in [1.29, 1.82) is 0 Å². The summed E-state index contributed by atoms with van der Waals surface area (Å²) < 4.78 is 12.1. The Morgan fingerprint density at radius 3 is 1.82 bits per heavy atom. The lowest BCUT2D eigenvalue weighted by Gasteiger charge is -2.27. The highest BCUT2D eigenvalue weighted by atomic mass is 35.5. The van der Waals surface area contributed by atoms with Crippen molar-refractivity contribution in [2.24, 2.45) is 11.8 Å². The van der Waals surface area contributed by atoms with Gasteiger partial charge in [-0.3, -0.25) is 19.2 Å². The zero-order valence-corrected chi connectivity index (χ0v) is 21.6. The number of imide groups is 1. The number of anilines is 1. The topological polar surface area (TPSA) is 90.0 Å². The molecule has 2 fully saturated rings. The molecule has 1 spiro atoms. The molecule has 3 aliphatic rings. The first-order chi connectivity index (χ1) is 19.4. The van der Waals surface area contributed by atoms with Crippen LogP contribution < -0.4 is 9.64 Å². The van der Waals surface area contributed by atoms with Gasteiger partial charge in [0.25, 0.3) is 0 Å². The van der Waals surface area contributed by atoms with Crippen LogP contribution in [0.5, 0.6) is 11.5 Å². The van der Waals surface area contributed by atoms with E-state index in [1.54, 1.807) is 97.1 Å². The van der Waals surface area contributed by atoms with Gasteiger partial charge in [-0.2, -0.15) is 0 Å². The van der Waals surface area contributed by atoms with Crippen LogP contribution in [0.1, 0.15) is 32.4 Å². The summed E-state index contributed by atoms with van der Waals surface area (Å²) in [7, 11) is 0. The van der Waals surface area contributed by atoms with Gasteiger partial charge in [-0.1, -0.05) is 66.2 Å². The van der Waals surface area contributed by atoms with E-state index in [1.807, 2.05) is 6.07 Å². The van der Waals surface area contributed by atoms with Crippen LogP contribution in [0, 0.1) is 11.8 Å². The number of ether oxygens (including phenoxy) is 2. The number of hydrogen-bond acceptors (Lipinski definition) is 6. The molecule has 0 radical (unpaired) electrons. The van der Waals surface area contributed by atoms with E-state index in [-0.39, 0.29) is 11.1 Å². The van der Waals surface area contributed by atoms with E-state index < -0.39 is 46.9 Å². The van der Waals surface area contributed by atoms with Crippen LogP contribution in [0.3, 0.4) is 0 Å². The number of fused-ring (bicyclic) bond motifs is 3. The predicted octanol–water partition coefficient (Wildman–Crippen LogP) is 5.83. The molecule has 7 rings (SSSR count). The summed E-state index contributed by atoms with van der Waals surface area (Å²) in [6, 6.07) is 28.7. The van der Waals surface area contributed by atoms with Gasteiger partial charge in [0.1, 0.15) is 11.5 Å². The number of carbonyl (C=O) groups is 4. The summed E-state index contributed by atoms with van der Waals surface area (Å²) in [4.78, 5) is 56.8. The number of ketones is 2. The largest absolute Gasteiger partial charge is 0.457 e. The zero-order chi connectivity index (χ0) is 27.6. The molecule has 0 aromatic heterocycles. The lowest BCUT2D eigenvalue weighted by atomic mass is 9.77. The van der Waals surface area contributed by atoms with Gasteiger partial charge in [-0.15, -0.1) is 0 Å². The zero-order valence-electron chi connectivity index (χ0n) is 20.8. The quantitative estimate of drug-likeness (QED) is 0.235. The highest BCUT2D eigenvalue weighted by molar-refractivity contribution is 6.37. The Morgan fingerprint density at radius 2 is 1.23 bits per heavy atom.